The Morgan fingerprint density at radius 3 is 2.68 bits per heavy atom. The first-order valence-corrected chi connectivity index (χ1v) is 11.8. The zero-order valence-electron chi connectivity index (χ0n) is 17.9. The van der Waals surface area contributed by atoms with Crippen LogP contribution in [-0.4, -0.2) is 42.1 Å². The summed E-state index contributed by atoms with van der Waals surface area (Å²) in [6.45, 7) is 2.14. The number of aromatic nitrogens is 1. The summed E-state index contributed by atoms with van der Waals surface area (Å²) in [6, 6.07) is 17.5. The molecule has 1 aromatic heterocycles. The van der Waals surface area contributed by atoms with Gasteiger partial charge in [-0.1, -0.05) is 23.7 Å². The van der Waals surface area contributed by atoms with Crippen LogP contribution in [0.4, 0.5) is 17.1 Å². The highest BCUT2D eigenvalue weighted by atomic mass is 35.5. The predicted octanol–water partition coefficient (Wildman–Crippen LogP) is 5.61. The summed E-state index contributed by atoms with van der Waals surface area (Å²) < 4.78 is 6.37. The van der Waals surface area contributed by atoms with Gasteiger partial charge in [0.05, 0.1) is 33.4 Å². The predicted molar refractivity (Wildman–Crippen MR) is 134 cm³/mol. The second-order valence-corrected chi connectivity index (χ2v) is 9.13. The van der Waals surface area contributed by atoms with Crippen molar-refractivity contribution in [3.8, 4) is 10.6 Å². The molecule has 4 aromatic rings. The maximum atomic E-state index is 12.9. The number of morpholine rings is 1. The number of nitrogens with one attached hydrogen (secondary N) is 1. The van der Waals surface area contributed by atoms with Crippen molar-refractivity contribution in [3.05, 3.63) is 81.4 Å². The smallest absolute Gasteiger partial charge is 0.293 e. The average molecular weight is 495 g/mol. The molecule has 1 saturated heterocycles. The van der Waals surface area contributed by atoms with E-state index in [9.17, 15) is 14.9 Å². The van der Waals surface area contributed by atoms with Crippen LogP contribution in [0.15, 0.2) is 60.7 Å². The van der Waals surface area contributed by atoms with Gasteiger partial charge in [-0.25, -0.2) is 4.98 Å². The van der Waals surface area contributed by atoms with E-state index in [2.05, 4.69) is 10.3 Å². The first kappa shape index (κ1) is 22.3. The molecule has 0 spiro atoms. The third-order valence-corrected chi connectivity index (χ3v) is 6.93. The lowest BCUT2D eigenvalue weighted by atomic mass is 10.1. The van der Waals surface area contributed by atoms with Crippen LogP contribution in [0.5, 0.6) is 0 Å². The lowest BCUT2D eigenvalue weighted by Gasteiger charge is -2.28. The second kappa shape index (κ2) is 9.38. The molecule has 1 aliphatic rings. The minimum absolute atomic E-state index is 0.110. The van der Waals surface area contributed by atoms with Crippen molar-refractivity contribution < 1.29 is 14.5 Å². The summed E-state index contributed by atoms with van der Waals surface area (Å²) in [4.78, 5) is 30.7. The van der Waals surface area contributed by atoms with E-state index in [0.717, 1.165) is 15.2 Å². The standard InChI is InChI=1S/C24H19ClN4O4S/c25-18-7-6-16(14-17(18)24-27-19-3-1-2-4-22(19)34-24)26-23(30)15-5-8-20(21(13-15)29(31)32)28-9-11-33-12-10-28/h1-8,13-14H,9-12H2,(H,26,30). The number of hydrogen-bond acceptors (Lipinski definition) is 7. The van der Waals surface area contributed by atoms with Gasteiger partial charge < -0.3 is 15.0 Å². The van der Waals surface area contributed by atoms with Crippen LogP contribution in [-0.2, 0) is 4.74 Å². The minimum atomic E-state index is -0.463. The van der Waals surface area contributed by atoms with Crippen LogP contribution in [0.25, 0.3) is 20.8 Å². The molecule has 0 bridgehead atoms. The SMILES string of the molecule is O=C(Nc1ccc(Cl)c(-c2nc3ccccc3s2)c1)c1ccc(N2CCOCC2)c([N+](=O)[O-])c1. The number of para-hydroxylation sites is 1. The molecule has 172 valence electrons. The van der Waals surface area contributed by atoms with E-state index in [1.807, 2.05) is 29.2 Å². The van der Waals surface area contributed by atoms with Gasteiger partial charge in [0.15, 0.2) is 0 Å². The summed E-state index contributed by atoms with van der Waals surface area (Å²) in [7, 11) is 0. The summed E-state index contributed by atoms with van der Waals surface area (Å²) in [5, 5.41) is 15.8. The molecule has 2 heterocycles. The quantitative estimate of drug-likeness (QED) is 0.286. The van der Waals surface area contributed by atoms with Crippen molar-refractivity contribution in [2.45, 2.75) is 0 Å². The lowest BCUT2D eigenvalue weighted by molar-refractivity contribution is -0.384. The zero-order valence-corrected chi connectivity index (χ0v) is 19.4. The molecule has 10 heteroatoms. The molecule has 1 N–H and O–H groups in total. The number of nitro benzene ring substituents is 1. The molecule has 0 atom stereocenters. The van der Waals surface area contributed by atoms with Crippen LogP contribution in [0, 0.1) is 10.1 Å². The summed E-state index contributed by atoms with van der Waals surface area (Å²) >= 11 is 7.94. The number of hydrogen-bond donors (Lipinski definition) is 1. The Morgan fingerprint density at radius 2 is 1.91 bits per heavy atom. The molecule has 1 amide bonds. The van der Waals surface area contributed by atoms with Gasteiger partial charge in [-0.05, 0) is 42.5 Å². The Morgan fingerprint density at radius 1 is 1.12 bits per heavy atom. The Bertz CT molecular complexity index is 1370. The van der Waals surface area contributed by atoms with Crippen LogP contribution in [0.1, 0.15) is 10.4 Å². The molecule has 1 fully saturated rings. The molecule has 3 aromatic carbocycles. The first-order chi connectivity index (χ1) is 16.5. The Hall–Kier alpha value is -3.53. The third-order valence-electron chi connectivity index (χ3n) is 5.53. The van der Waals surface area contributed by atoms with Crippen molar-refractivity contribution in [2.75, 3.05) is 36.5 Å². The largest absolute Gasteiger partial charge is 0.378 e. The Kier molecular flexibility index (Phi) is 6.14. The Balaban J connectivity index is 1.41. The number of nitrogens with zero attached hydrogens (tertiary/aromatic N) is 3. The number of carbonyl (C=O) groups is 1. The Labute approximate surface area is 203 Å². The summed E-state index contributed by atoms with van der Waals surface area (Å²) in [6.07, 6.45) is 0. The topological polar surface area (TPSA) is 97.6 Å². The molecular weight excluding hydrogens is 476 g/mol. The van der Waals surface area contributed by atoms with Gasteiger partial charge in [-0.3, -0.25) is 14.9 Å². The maximum Gasteiger partial charge on any atom is 0.293 e. The number of carbonyl (C=O) groups excluding carboxylic acids is 1. The number of halogens is 1. The molecule has 0 radical (unpaired) electrons. The highest BCUT2D eigenvalue weighted by molar-refractivity contribution is 7.21. The van der Waals surface area contributed by atoms with Crippen molar-refractivity contribution in [1.29, 1.82) is 0 Å². The molecule has 34 heavy (non-hydrogen) atoms. The van der Waals surface area contributed by atoms with E-state index in [0.29, 0.717) is 48.3 Å². The molecular formula is C24H19ClN4O4S. The number of benzene rings is 3. The fourth-order valence-electron chi connectivity index (χ4n) is 3.84. The van der Waals surface area contributed by atoms with Crippen molar-refractivity contribution in [3.63, 3.8) is 0 Å². The maximum absolute atomic E-state index is 12.9. The van der Waals surface area contributed by atoms with E-state index >= 15 is 0 Å². The van der Waals surface area contributed by atoms with E-state index in [-0.39, 0.29) is 11.3 Å². The number of amides is 1. The van der Waals surface area contributed by atoms with Crippen LogP contribution < -0.4 is 10.2 Å². The number of rotatable bonds is 5. The van der Waals surface area contributed by atoms with Gasteiger partial charge in [0, 0.05) is 36.0 Å². The monoisotopic (exact) mass is 494 g/mol. The van der Waals surface area contributed by atoms with Gasteiger partial charge in [-0.15, -0.1) is 11.3 Å². The van der Waals surface area contributed by atoms with Gasteiger partial charge >= 0.3 is 0 Å². The summed E-state index contributed by atoms with van der Waals surface area (Å²) in [5.74, 6) is -0.450. The highest BCUT2D eigenvalue weighted by Gasteiger charge is 2.23. The van der Waals surface area contributed by atoms with E-state index in [1.165, 1.54) is 17.4 Å². The van der Waals surface area contributed by atoms with Gasteiger partial charge in [0.25, 0.3) is 11.6 Å². The van der Waals surface area contributed by atoms with Crippen molar-refractivity contribution in [1.82, 2.24) is 4.98 Å². The summed E-state index contributed by atoms with van der Waals surface area (Å²) in [5.41, 5.74) is 2.66. The second-order valence-electron chi connectivity index (χ2n) is 7.70. The first-order valence-electron chi connectivity index (χ1n) is 10.6. The average Bonchev–Trinajstić information content (AvgIpc) is 3.29. The third kappa shape index (κ3) is 4.45. The van der Waals surface area contributed by atoms with Gasteiger partial charge in [0.1, 0.15) is 10.7 Å². The molecule has 1 aliphatic heterocycles. The van der Waals surface area contributed by atoms with Crippen LogP contribution >= 0.6 is 22.9 Å². The number of thiazole rings is 1. The van der Waals surface area contributed by atoms with E-state index in [4.69, 9.17) is 16.3 Å². The van der Waals surface area contributed by atoms with Gasteiger partial charge in [0.2, 0.25) is 0 Å². The van der Waals surface area contributed by atoms with Crippen LogP contribution in [0.3, 0.4) is 0 Å². The fourth-order valence-corrected chi connectivity index (χ4v) is 5.10. The van der Waals surface area contributed by atoms with E-state index < -0.39 is 10.8 Å². The zero-order chi connectivity index (χ0) is 23.7. The number of nitro groups is 1. The fraction of sp³-hybridized carbons (Fsp3) is 0.167. The highest BCUT2D eigenvalue weighted by Crippen LogP contribution is 2.36. The van der Waals surface area contributed by atoms with Crippen molar-refractivity contribution in [2.24, 2.45) is 0 Å². The van der Waals surface area contributed by atoms with Crippen molar-refractivity contribution >= 4 is 56.1 Å². The van der Waals surface area contributed by atoms with E-state index in [1.54, 1.807) is 30.3 Å². The molecule has 5 rings (SSSR count). The van der Waals surface area contributed by atoms with Crippen LogP contribution in [0.2, 0.25) is 5.02 Å². The van der Waals surface area contributed by atoms with Gasteiger partial charge in [-0.2, -0.15) is 0 Å². The number of ether oxygens (including phenoxy) is 1. The number of fused-ring (bicyclic) bond motifs is 1. The minimum Gasteiger partial charge on any atom is -0.378 e. The molecule has 8 nitrogen and oxygen atoms in total. The normalized spacial score (nSPS) is 13.7. The number of anilines is 2. The molecule has 0 saturated carbocycles. The molecule has 0 aliphatic carbocycles. The lowest BCUT2D eigenvalue weighted by Crippen LogP contribution is -2.36. The molecule has 0 unspecified atom stereocenters.